The Kier molecular flexibility index (Phi) is 13.4. The Balaban J connectivity index is 0.00000676. The van der Waals surface area contributed by atoms with Gasteiger partial charge in [0.1, 0.15) is 12.3 Å². The Labute approximate surface area is 180 Å². The molecule has 1 aromatic rings. The van der Waals surface area contributed by atoms with E-state index in [0.29, 0.717) is 19.0 Å². The number of aliphatic imine (C=N–C) groups is 1. The molecule has 6 nitrogen and oxygen atoms in total. The number of nitrogens with one attached hydrogen (secondary N) is 2. The molecular weight excluding hydrogens is 455 g/mol. The molecule has 0 aliphatic heterocycles. The van der Waals surface area contributed by atoms with Crippen LogP contribution in [0.2, 0.25) is 0 Å². The van der Waals surface area contributed by atoms with Crippen LogP contribution in [0.15, 0.2) is 41.4 Å². The number of nitrogens with zero attached hydrogens (tertiary/aromatic N) is 2. The lowest BCUT2D eigenvalue weighted by molar-refractivity contribution is -0.127. The van der Waals surface area contributed by atoms with Gasteiger partial charge in [0.15, 0.2) is 5.96 Å². The zero-order valence-electron chi connectivity index (χ0n) is 16.9. The SMILES string of the molecule is C=C(C)CNC(=NCC(=O)N(C)C)NCCc1cccc(OCCC)c1.I. The Morgan fingerprint density at radius 3 is 2.67 bits per heavy atom. The van der Waals surface area contributed by atoms with Gasteiger partial charge in [-0.25, -0.2) is 4.99 Å². The number of ether oxygens (including phenoxy) is 1. The van der Waals surface area contributed by atoms with Crippen LogP contribution in [0.4, 0.5) is 0 Å². The highest BCUT2D eigenvalue weighted by Crippen LogP contribution is 2.13. The maximum atomic E-state index is 11.7. The third-order valence-corrected chi connectivity index (χ3v) is 3.51. The molecular formula is C20H33IN4O2. The number of benzene rings is 1. The molecule has 0 bridgehead atoms. The standard InChI is InChI=1S/C20H32N4O2.HI/c1-6-12-26-18-9-7-8-17(13-18)10-11-21-20(22-14-16(2)3)23-15-19(25)24(4)5;/h7-9,13H,2,6,10-12,14-15H2,1,3-5H3,(H2,21,22,23);1H. The van der Waals surface area contributed by atoms with Crippen molar-refractivity contribution in [2.45, 2.75) is 26.7 Å². The van der Waals surface area contributed by atoms with Crippen molar-refractivity contribution in [1.82, 2.24) is 15.5 Å². The number of carbonyl (C=O) groups is 1. The third-order valence-electron chi connectivity index (χ3n) is 3.51. The van der Waals surface area contributed by atoms with Crippen molar-refractivity contribution in [3.05, 3.63) is 42.0 Å². The van der Waals surface area contributed by atoms with Gasteiger partial charge in [-0.15, -0.1) is 24.0 Å². The van der Waals surface area contributed by atoms with Gasteiger partial charge in [0.2, 0.25) is 5.91 Å². The van der Waals surface area contributed by atoms with E-state index < -0.39 is 0 Å². The first-order chi connectivity index (χ1) is 12.4. The fourth-order valence-corrected chi connectivity index (χ4v) is 2.03. The van der Waals surface area contributed by atoms with Crippen molar-refractivity contribution < 1.29 is 9.53 Å². The maximum Gasteiger partial charge on any atom is 0.243 e. The number of amides is 1. The van der Waals surface area contributed by atoms with Gasteiger partial charge in [0.05, 0.1) is 6.61 Å². The lowest BCUT2D eigenvalue weighted by atomic mass is 10.1. The largest absolute Gasteiger partial charge is 0.494 e. The second-order valence-electron chi connectivity index (χ2n) is 6.44. The van der Waals surface area contributed by atoms with Crippen LogP contribution in [0.25, 0.3) is 0 Å². The topological polar surface area (TPSA) is 66.0 Å². The summed E-state index contributed by atoms with van der Waals surface area (Å²) in [4.78, 5) is 17.6. The zero-order valence-corrected chi connectivity index (χ0v) is 19.2. The fraction of sp³-hybridized carbons (Fsp3) is 0.500. The predicted octanol–water partition coefficient (Wildman–Crippen LogP) is 2.84. The van der Waals surface area contributed by atoms with Crippen LogP contribution in [-0.4, -0.2) is 57.1 Å². The highest BCUT2D eigenvalue weighted by Gasteiger charge is 2.05. The van der Waals surface area contributed by atoms with E-state index in [1.54, 1.807) is 14.1 Å². The Morgan fingerprint density at radius 2 is 2.04 bits per heavy atom. The molecule has 0 spiro atoms. The van der Waals surface area contributed by atoms with Gasteiger partial charge in [-0.2, -0.15) is 0 Å². The highest BCUT2D eigenvalue weighted by molar-refractivity contribution is 14.0. The Bertz CT molecular complexity index is 618. The molecule has 0 aliphatic rings. The van der Waals surface area contributed by atoms with Crippen LogP contribution in [0.3, 0.4) is 0 Å². The van der Waals surface area contributed by atoms with E-state index >= 15 is 0 Å². The molecule has 0 aromatic heterocycles. The zero-order chi connectivity index (χ0) is 19.4. The summed E-state index contributed by atoms with van der Waals surface area (Å²) >= 11 is 0. The van der Waals surface area contributed by atoms with Gasteiger partial charge < -0.3 is 20.3 Å². The number of rotatable bonds is 10. The molecule has 1 amide bonds. The van der Waals surface area contributed by atoms with E-state index in [2.05, 4.69) is 41.3 Å². The summed E-state index contributed by atoms with van der Waals surface area (Å²) in [6.07, 6.45) is 1.82. The lowest BCUT2D eigenvalue weighted by Gasteiger charge is -2.14. The van der Waals surface area contributed by atoms with Crippen LogP contribution >= 0.6 is 24.0 Å². The molecule has 0 saturated heterocycles. The Morgan fingerprint density at radius 1 is 1.30 bits per heavy atom. The Hall–Kier alpha value is -1.77. The van der Waals surface area contributed by atoms with Crippen molar-refractivity contribution in [3.8, 4) is 5.75 Å². The van der Waals surface area contributed by atoms with Gasteiger partial charge in [0.25, 0.3) is 0 Å². The second kappa shape index (κ2) is 14.3. The summed E-state index contributed by atoms with van der Waals surface area (Å²) in [5.41, 5.74) is 2.19. The predicted molar refractivity (Wildman–Crippen MR) is 123 cm³/mol. The summed E-state index contributed by atoms with van der Waals surface area (Å²) < 4.78 is 5.67. The molecule has 152 valence electrons. The summed E-state index contributed by atoms with van der Waals surface area (Å²) in [5.74, 6) is 1.47. The first kappa shape index (κ1) is 25.2. The minimum absolute atomic E-state index is 0. The van der Waals surface area contributed by atoms with Crippen molar-refractivity contribution in [3.63, 3.8) is 0 Å². The molecule has 0 atom stereocenters. The summed E-state index contributed by atoms with van der Waals surface area (Å²) in [5, 5.41) is 6.45. The lowest BCUT2D eigenvalue weighted by Crippen LogP contribution is -2.40. The van der Waals surface area contributed by atoms with E-state index in [9.17, 15) is 4.79 Å². The van der Waals surface area contributed by atoms with Crippen LogP contribution in [0, 0.1) is 0 Å². The molecule has 0 heterocycles. The molecule has 7 heteroatoms. The molecule has 0 saturated carbocycles. The van der Waals surface area contributed by atoms with Crippen molar-refractivity contribution >= 4 is 35.8 Å². The van der Waals surface area contributed by atoms with Crippen LogP contribution < -0.4 is 15.4 Å². The van der Waals surface area contributed by atoms with E-state index in [1.165, 1.54) is 10.5 Å². The van der Waals surface area contributed by atoms with Crippen LogP contribution in [0.1, 0.15) is 25.8 Å². The average molecular weight is 488 g/mol. The summed E-state index contributed by atoms with van der Waals surface area (Å²) in [6.45, 7) is 10.1. The van der Waals surface area contributed by atoms with Gasteiger partial charge in [0, 0.05) is 27.2 Å². The first-order valence-corrected chi connectivity index (χ1v) is 9.00. The maximum absolute atomic E-state index is 11.7. The van der Waals surface area contributed by atoms with Crippen molar-refractivity contribution in [2.24, 2.45) is 4.99 Å². The average Bonchev–Trinajstić information content (AvgIpc) is 2.61. The molecule has 27 heavy (non-hydrogen) atoms. The molecule has 2 N–H and O–H groups in total. The number of likely N-dealkylation sites (N-methyl/N-ethyl adjacent to an activating group) is 1. The smallest absolute Gasteiger partial charge is 0.243 e. The van der Waals surface area contributed by atoms with Gasteiger partial charge in [-0.3, -0.25) is 4.79 Å². The number of hydrogen-bond acceptors (Lipinski definition) is 3. The highest BCUT2D eigenvalue weighted by atomic mass is 127. The van der Waals surface area contributed by atoms with Gasteiger partial charge >= 0.3 is 0 Å². The quantitative estimate of drug-likeness (QED) is 0.230. The molecule has 0 fully saturated rings. The van der Waals surface area contributed by atoms with Crippen molar-refractivity contribution in [2.75, 3.05) is 40.3 Å². The normalized spacial score (nSPS) is 10.6. The van der Waals surface area contributed by atoms with Crippen LogP contribution in [0.5, 0.6) is 5.75 Å². The third kappa shape index (κ3) is 11.5. The van der Waals surface area contributed by atoms with Crippen molar-refractivity contribution in [1.29, 1.82) is 0 Å². The monoisotopic (exact) mass is 488 g/mol. The number of guanidine groups is 1. The minimum Gasteiger partial charge on any atom is -0.494 e. The number of carbonyl (C=O) groups excluding carboxylic acids is 1. The number of hydrogen-bond donors (Lipinski definition) is 2. The second-order valence-corrected chi connectivity index (χ2v) is 6.44. The molecule has 1 rings (SSSR count). The molecule has 0 aliphatic carbocycles. The molecule has 1 aromatic carbocycles. The molecule has 0 radical (unpaired) electrons. The van der Waals surface area contributed by atoms with E-state index in [4.69, 9.17) is 4.74 Å². The van der Waals surface area contributed by atoms with Gasteiger partial charge in [-0.05, 0) is 37.5 Å². The number of halogens is 1. The van der Waals surface area contributed by atoms with E-state index in [1.807, 2.05) is 19.1 Å². The van der Waals surface area contributed by atoms with Gasteiger partial charge in [-0.1, -0.05) is 31.2 Å². The van der Waals surface area contributed by atoms with E-state index in [-0.39, 0.29) is 36.4 Å². The van der Waals surface area contributed by atoms with Crippen LogP contribution in [-0.2, 0) is 11.2 Å². The minimum atomic E-state index is -0.0396. The molecule has 0 unspecified atom stereocenters. The summed E-state index contributed by atoms with van der Waals surface area (Å²) in [7, 11) is 3.44. The fourth-order valence-electron chi connectivity index (χ4n) is 2.03. The van der Waals surface area contributed by atoms with E-state index in [0.717, 1.165) is 30.8 Å². The summed E-state index contributed by atoms with van der Waals surface area (Å²) in [6, 6.07) is 8.12. The first-order valence-electron chi connectivity index (χ1n) is 9.00.